The lowest BCUT2D eigenvalue weighted by atomic mass is 10.0. The van der Waals surface area contributed by atoms with Gasteiger partial charge in [-0.2, -0.15) is 0 Å². The number of oxazole rings is 2. The number of nitrogens with zero attached hydrogens (tertiary/aromatic N) is 4. The molecule has 2 aliphatic heterocycles. The van der Waals surface area contributed by atoms with Crippen LogP contribution in [-0.2, 0) is 16.0 Å². The maximum Gasteiger partial charge on any atom is 0.276 e. The maximum atomic E-state index is 14.3. The van der Waals surface area contributed by atoms with Crippen molar-refractivity contribution in [2.24, 2.45) is 5.92 Å². The molecule has 278 valence electrons. The summed E-state index contributed by atoms with van der Waals surface area (Å²) in [7, 11) is 1.43. The minimum atomic E-state index is -1.07. The zero-order valence-corrected chi connectivity index (χ0v) is 30.0. The molecule has 0 unspecified atom stereocenters. The number of pyridine rings is 1. The molecule has 4 bridgehead atoms. The molecule has 5 heterocycles. The number of benzene rings is 1. The molecule has 53 heavy (non-hydrogen) atoms. The first-order valence-corrected chi connectivity index (χ1v) is 17.4. The lowest BCUT2D eigenvalue weighted by Crippen LogP contribution is -2.48. The molecule has 6 rings (SSSR count). The summed E-state index contributed by atoms with van der Waals surface area (Å²) in [5, 5.41) is 11.5. The van der Waals surface area contributed by atoms with Gasteiger partial charge in [0.15, 0.2) is 11.4 Å². The molecule has 3 aromatic heterocycles. The predicted octanol–water partition coefficient (Wildman–Crippen LogP) is 2.82. The zero-order valence-electron chi connectivity index (χ0n) is 30.0. The largest absolute Gasteiger partial charge is 0.494 e. The van der Waals surface area contributed by atoms with E-state index in [-0.39, 0.29) is 59.8 Å². The fraction of sp³-hybridized carbons (Fsp3) is 0.405. The van der Waals surface area contributed by atoms with Crippen molar-refractivity contribution >= 4 is 29.5 Å². The first kappa shape index (κ1) is 36.7. The molecule has 2 aliphatic rings. The van der Waals surface area contributed by atoms with E-state index in [2.05, 4.69) is 36.2 Å². The zero-order chi connectivity index (χ0) is 37.8. The number of nitrogens with one attached hydrogen (secondary N) is 4. The predicted molar refractivity (Wildman–Crippen MR) is 188 cm³/mol. The summed E-state index contributed by atoms with van der Waals surface area (Å²) in [5.41, 5.74) is 1.52. The van der Waals surface area contributed by atoms with E-state index < -0.39 is 59.7 Å². The van der Waals surface area contributed by atoms with Crippen LogP contribution in [-0.4, -0.2) is 81.2 Å². The Morgan fingerprint density at radius 1 is 0.981 bits per heavy atom. The van der Waals surface area contributed by atoms with E-state index in [0.717, 1.165) is 5.56 Å². The van der Waals surface area contributed by atoms with Gasteiger partial charge in [-0.25, -0.2) is 9.97 Å². The number of amides is 5. The average molecular weight is 727 g/mol. The van der Waals surface area contributed by atoms with Gasteiger partial charge < -0.3 is 39.7 Å². The highest BCUT2D eigenvalue weighted by molar-refractivity contribution is 5.99. The molecule has 1 saturated heterocycles. The maximum absolute atomic E-state index is 14.3. The lowest BCUT2D eigenvalue weighted by molar-refractivity contribution is -0.126. The third-order valence-corrected chi connectivity index (χ3v) is 9.12. The third-order valence-electron chi connectivity index (χ3n) is 9.12. The van der Waals surface area contributed by atoms with E-state index >= 15 is 0 Å². The fourth-order valence-corrected chi connectivity index (χ4v) is 6.48. The standard InChI is InChI=1S/C37H42N8O8/c1-19(2)11-25-32(47)39-21(4)35-44-28(18-52-35)37(50)45-16-23(40-31(46)24-12-20(3)38-15-30(24)51-5)14-29(45)34(49)42-26(13-22-9-7-6-8-10-22)36-43-27(17-53-36)33(48)41-25/h6-10,12,15,17-19,21,23,25-26,29H,11,13-14,16H2,1-5H3,(H,39,47)(H,40,46)(H,41,48)(H,42,49)/t21-,23+,25-,26+,29+/m1/s1. The van der Waals surface area contributed by atoms with Gasteiger partial charge in [0, 0.05) is 24.7 Å². The van der Waals surface area contributed by atoms with Gasteiger partial charge in [-0.05, 0) is 44.2 Å². The van der Waals surface area contributed by atoms with Gasteiger partial charge in [-0.3, -0.25) is 29.0 Å². The Morgan fingerprint density at radius 3 is 2.43 bits per heavy atom. The Balaban J connectivity index is 1.36. The summed E-state index contributed by atoms with van der Waals surface area (Å²) in [6, 6.07) is 6.59. The van der Waals surface area contributed by atoms with E-state index in [4.69, 9.17) is 13.6 Å². The van der Waals surface area contributed by atoms with Crippen LogP contribution < -0.4 is 26.0 Å². The van der Waals surface area contributed by atoms with Crippen LogP contribution in [0.5, 0.6) is 5.75 Å². The van der Waals surface area contributed by atoms with Gasteiger partial charge in [0.1, 0.15) is 42.4 Å². The Kier molecular flexibility index (Phi) is 10.9. The molecule has 1 aromatic carbocycles. The summed E-state index contributed by atoms with van der Waals surface area (Å²) in [5.74, 6) is -2.33. The molecule has 0 spiro atoms. The van der Waals surface area contributed by atoms with Crippen LogP contribution in [0.25, 0.3) is 0 Å². The van der Waals surface area contributed by atoms with Crippen molar-refractivity contribution in [2.45, 2.75) is 77.2 Å². The van der Waals surface area contributed by atoms with Crippen LogP contribution in [0.1, 0.15) is 100 Å². The first-order valence-electron chi connectivity index (χ1n) is 17.4. The van der Waals surface area contributed by atoms with Crippen molar-refractivity contribution in [3.63, 3.8) is 0 Å². The van der Waals surface area contributed by atoms with Gasteiger partial charge in [-0.1, -0.05) is 44.2 Å². The normalized spacial score (nSPS) is 22.3. The molecule has 4 N–H and O–H groups in total. The molecule has 16 heteroatoms. The Bertz CT molecular complexity index is 1990. The van der Waals surface area contributed by atoms with Gasteiger partial charge in [-0.15, -0.1) is 0 Å². The number of methoxy groups -OCH3 is 1. The number of carbonyl (C=O) groups excluding carboxylic acids is 5. The van der Waals surface area contributed by atoms with Gasteiger partial charge in [0.25, 0.3) is 17.7 Å². The molecular weight excluding hydrogens is 684 g/mol. The minimum absolute atomic E-state index is 0.0346. The second kappa shape index (κ2) is 15.7. The second-order valence-electron chi connectivity index (χ2n) is 13.7. The van der Waals surface area contributed by atoms with Crippen molar-refractivity contribution in [3.05, 3.63) is 95.1 Å². The summed E-state index contributed by atoms with van der Waals surface area (Å²) in [4.78, 5) is 83.1. The highest BCUT2D eigenvalue weighted by atomic mass is 16.5. The van der Waals surface area contributed by atoms with Crippen LogP contribution in [0.2, 0.25) is 0 Å². The molecule has 4 aromatic rings. The SMILES string of the molecule is COc1cnc(C)cc1C(=O)N[C@H]1C[C@H]2C(=O)N[C@@H](Cc3ccccc3)c3nc(co3)C(=O)N[C@H](CC(C)C)C(=O)N[C@H](C)c3nc(co3)C(=O)N2C1. The van der Waals surface area contributed by atoms with E-state index in [9.17, 15) is 24.0 Å². The van der Waals surface area contributed by atoms with Crippen molar-refractivity contribution in [1.29, 1.82) is 0 Å². The van der Waals surface area contributed by atoms with Crippen molar-refractivity contribution < 1.29 is 37.5 Å². The highest BCUT2D eigenvalue weighted by Crippen LogP contribution is 2.26. The summed E-state index contributed by atoms with van der Waals surface area (Å²) >= 11 is 0. The van der Waals surface area contributed by atoms with Crippen LogP contribution in [0, 0.1) is 12.8 Å². The molecule has 5 amide bonds. The van der Waals surface area contributed by atoms with Gasteiger partial charge in [0.2, 0.25) is 23.6 Å². The first-order chi connectivity index (χ1) is 25.4. The third kappa shape index (κ3) is 8.37. The number of fused-ring (bicyclic) bond motifs is 5. The number of hydrogen-bond acceptors (Lipinski definition) is 11. The lowest BCUT2D eigenvalue weighted by Gasteiger charge is -2.25. The smallest absolute Gasteiger partial charge is 0.276 e. The van der Waals surface area contributed by atoms with Gasteiger partial charge in [0.05, 0.1) is 18.9 Å². The van der Waals surface area contributed by atoms with E-state index in [1.807, 2.05) is 44.2 Å². The van der Waals surface area contributed by atoms with Crippen LogP contribution >= 0.6 is 0 Å². The average Bonchev–Trinajstić information content (AvgIpc) is 3.91. The van der Waals surface area contributed by atoms with Crippen molar-refractivity contribution in [3.8, 4) is 5.75 Å². The Labute approximate surface area is 305 Å². The number of rotatable bonds is 7. The van der Waals surface area contributed by atoms with E-state index in [0.29, 0.717) is 12.1 Å². The number of aryl methyl sites for hydroxylation is 1. The minimum Gasteiger partial charge on any atom is -0.494 e. The van der Waals surface area contributed by atoms with Crippen molar-refractivity contribution in [1.82, 2.24) is 41.1 Å². The Morgan fingerprint density at radius 2 is 1.70 bits per heavy atom. The number of aromatic nitrogens is 3. The van der Waals surface area contributed by atoms with E-state index in [1.54, 1.807) is 19.9 Å². The summed E-state index contributed by atoms with van der Waals surface area (Å²) in [6.07, 6.45) is 4.40. The summed E-state index contributed by atoms with van der Waals surface area (Å²) in [6.45, 7) is 7.18. The Hall–Kier alpha value is -6.06. The monoisotopic (exact) mass is 726 g/mol. The molecule has 0 aliphatic carbocycles. The molecule has 1 fully saturated rings. The molecule has 5 atom stereocenters. The topological polar surface area (TPSA) is 211 Å². The number of ether oxygens (including phenoxy) is 1. The van der Waals surface area contributed by atoms with Crippen LogP contribution in [0.4, 0.5) is 0 Å². The van der Waals surface area contributed by atoms with Gasteiger partial charge >= 0.3 is 0 Å². The molecular formula is C37H42N8O8. The molecule has 0 radical (unpaired) electrons. The quantitative estimate of drug-likeness (QED) is 0.218. The molecule has 0 saturated carbocycles. The van der Waals surface area contributed by atoms with Crippen LogP contribution in [0.3, 0.4) is 0 Å². The fourth-order valence-electron chi connectivity index (χ4n) is 6.48. The molecule has 16 nitrogen and oxygen atoms in total. The van der Waals surface area contributed by atoms with E-state index in [1.165, 1.54) is 30.7 Å². The van der Waals surface area contributed by atoms with Crippen LogP contribution in [0.15, 0.2) is 64.0 Å². The second-order valence-corrected chi connectivity index (χ2v) is 13.7. The highest BCUT2D eigenvalue weighted by Gasteiger charge is 2.43. The number of carbonyl (C=O) groups is 5. The summed E-state index contributed by atoms with van der Waals surface area (Å²) < 4.78 is 16.8. The number of hydrogen-bond donors (Lipinski definition) is 4. The van der Waals surface area contributed by atoms with Crippen molar-refractivity contribution in [2.75, 3.05) is 13.7 Å².